The zero-order chi connectivity index (χ0) is 16.2. The van der Waals surface area contributed by atoms with Gasteiger partial charge in [0.15, 0.2) is 17.9 Å². The molecule has 2 aliphatic heterocycles. The van der Waals surface area contributed by atoms with E-state index in [1.807, 2.05) is 48.5 Å². The number of nitrogens with one attached hydrogen (secondary N) is 1. The van der Waals surface area contributed by atoms with Crippen LogP contribution in [0.2, 0.25) is 0 Å². The fourth-order valence-electron chi connectivity index (χ4n) is 2.50. The number of aromatic amines is 1. The molecule has 0 spiro atoms. The molecule has 3 heterocycles. The highest BCUT2D eigenvalue weighted by atomic mass is 32.2. The van der Waals surface area contributed by atoms with E-state index in [1.54, 1.807) is 11.5 Å². The summed E-state index contributed by atoms with van der Waals surface area (Å²) in [4.78, 5) is 0. The second kappa shape index (κ2) is 7.58. The first-order chi connectivity index (χ1) is 11.9. The van der Waals surface area contributed by atoms with E-state index < -0.39 is 0 Å². The van der Waals surface area contributed by atoms with Crippen molar-refractivity contribution >= 4 is 45.2 Å². The molecule has 2 saturated heterocycles. The molecule has 126 valence electrons. The molecule has 5 rings (SSSR count). The van der Waals surface area contributed by atoms with Crippen molar-refractivity contribution in [3.63, 3.8) is 0 Å². The molecule has 0 bridgehead atoms. The van der Waals surface area contributed by atoms with Crippen molar-refractivity contribution in [1.29, 1.82) is 0 Å². The molecular weight excluding hydrogens is 346 g/mol. The van der Waals surface area contributed by atoms with Crippen molar-refractivity contribution in [3.05, 3.63) is 48.5 Å². The smallest absolute Gasteiger partial charge is 0.159 e. The van der Waals surface area contributed by atoms with Gasteiger partial charge in [0.25, 0.3) is 0 Å². The highest BCUT2D eigenvalue weighted by Crippen LogP contribution is 2.30. The van der Waals surface area contributed by atoms with E-state index in [-0.39, 0.29) is 12.2 Å². The summed E-state index contributed by atoms with van der Waals surface area (Å²) in [6.07, 6.45) is 1.44. The zero-order valence-corrected chi connectivity index (χ0v) is 14.5. The normalized spacial score (nSPS) is 22.7. The molecule has 0 saturated carbocycles. The summed E-state index contributed by atoms with van der Waals surface area (Å²) in [6.45, 7) is 1.50. The largest absolute Gasteiger partial charge is 0.454 e. The Hall–Kier alpha value is -1.51. The molecule has 2 aliphatic rings. The third kappa shape index (κ3) is 3.60. The summed E-state index contributed by atoms with van der Waals surface area (Å²) in [5, 5.41) is 0. The predicted octanol–water partition coefficient (Wildman–Crippen LogP) is 4.85. The third-order valence-electron chi connectivity index (χ3n) is 3.80. The van der Waals surface area contributed by atoms with E-state index in [4.69, 9.17) is 17.5 Å². The Morgan fingerprint density at radius 1 is 0.917 bits per heavy atom. The Labute approximate surface area is 147 Å². The number of hydrogen-bond donors (Lipinski definition) is 1. The average Bonchev–Trinajstić information content (AvgIpc) is 3.03. The number of fused-ring (bicyclic) bond motifs is 3. The first kappa shape index (κ1) is 16.0. The minimum Gasteiger partial charge on any atom is -0.454 e. The average molecular weight is 363 g/mol. The Kier molecular flexibility index (Phi) is 5.05. The van der Waals surface area contributed by atoms with Crippen LogP contribution in [0.25, 0.3) is 21.4 Å². The molecule has 5 nitrogen and oxygen atoms in total. The van der Waals surface area contributed by atoms with Crippen LogP contribution in [0.4, 0.5) is 0 Å². The minimum atomic E-state index is 0.184. The van der Waals surface area contributed by atoms with Crippen molar-refractivity contribution < 1.29 is 17.5 Å². The maximum absolute atomic E-state index is 5.82. The summed E-state index contributed by atoms with van der Waals surface area (Å²) in [5.41, 5.74) is 2.79. The van der Waals surface area contributed by atoms with Crippen LogP contribution in [0.15, 0.2) is 52.9 Å². The fraction of sp³-hybridized carbons (Fsp3) is 0.294. The van der Waals surface area contributed by atoms with Gasteiger partial charge in [-0.25, -0.2) is 0 Å². The lowest BCUT2D eigenvalue weighted by molar-refractivity contribution is -0.0192. The highest BCUT2D eigenvalue weighted by molar-refractivity contribution is 7.90. The van der Waals surface area contributed by atoms with Crippen molar-refractivity contribution in [2.75, 3.05) is 13.2 Å². The Balaban J connectivity index is 0.000000138. The van der Waals surface area contributed by atoms with E-state index in [0.29, 0.717) is 6.61 Å². The summed E-state index contributed by atoms with van der Waals surface area (Å²) in [5.74, 6) is 0. The molecule has 3 aromatic rings. The van der Waals surface area contributed by atoms with E-state index >= 15 is 0 Å². The van der Waals surface area contributed by atoms with Crippen LogP contribution in [-0.2, 0) is 13.1 Å². The quantitative estimate of drug-likeness (QED) is 0.578. The van der Waals surface area contributed by atoms with Crippen LogP contribution in [0.5, 0.6) is 0 Å². The van der Waals surface area contributed by atoms with Gasteiger partial charge in [-0.15, -0.1) is 0 Å². The molecule has 2 aromatic carbocycles. The SMILES string of the molecule is C1CC2OSOC2CO1.c1ccc2oc3ccccc3s[nH]c2c1. The number of hydrogen-bond acceptors (Lipinski definition) is 6. The van der Waals surface area contributed by atoms with E-state index in [1.165, 1.54) is 0 Å². The minimum absolute atomic E-state index is 0.184. The molecule has 0 aliphatic carbocycles. The molecule has 2 atom stereocenters. The molecule has 24 heavy (non-hydrogen) atoms. The van der Waals surface area contributed by atoms with Gasteiger partial charge in [-0.05, 0) is 24.3 Å². The molecule has 7 heteroatoms. The van der Waals surface area contributed by atoms with Crippen LogP contribution in [0.1, 0.15) is 6.42 Å². The summed E-state index contributed by atoms with van der Waals surface area (Å²) in [7, 11) is 0. The summed E-state index contributed by atoms with van der Waals surface area (Å²) >= 11 is 2.68. The van der Waals surface area contributed by atoms with E-state index in [0.717, 1.165) is 46.7 Å². The molecular formula is C17H17NO4S2. The number of aromatic nitrogens is 1. The second-order valence-electron chi connectivity index (χ2n) is 5.45. The monoisotopic (exact) mass is 363 g/mol. The number of H-pyrrole nitrogens is 1. The lowest BCUT2D eigenvalue weighted by Gasteiger charge is -2.20. The van der Waals surface area contributed by atoms with Crippen molar-refractivity contribution in [1.82, 2.24) is 4.37 Å². The van der Waals surface area contributed by atoms with Gasteiger partial charge in [-0.2, -0.15) is 0 Å². The Bertz CT molecular complexity index is 787. The lowest BCUT2D eigenvalue weighted by Crippen LogP contribution is -2.33. The number of rotatable bonds is 0. The van der Waals surface area contributed by atoms with E-state index in [9.17, 15) is 0 Å². The summed E-state index contributed by atoms with van der Waals surface area (Å²) < 4.78 is 25.7. The predicted molar refractivity (Wildman–Crippen MR) is 96.3 cm³/mol. The van der Waals surface area contributed by atoms with Crippen LogP contribution in [-0.4, -0.2) is 29.8 Å². The Morgan fingerprint density at radius 2 is 1.71 bits per heavy atom. The van der Waals surface area contributed by atoms with Gasteiger partial charge < -0.3 is 13.5 Å². The topological polar surface area (TPSA) is 56.6 Å². The maximum atomic E-state index is 5.82. The first-order valence-electron chi connectivity index (χ1n) is 7.75. The molecule has 1 aromatic heterocycles. The molecule has 0 radical (unpaired) electrons. The van der Waals surface area contributed by atoms with Gasteiger partial charge in [-0.3, -0.25) is 8.37 Å². The molecule has 2 fully saturated rings. The molecule has 1 N–H and O–H groups in total. The number of benzene rings is 2. The Morgan fingerprint density at radius 3 is 2.62 bits per heavy atom. The number of ether oxygens (including phenoxy) is 1. The third-order valence-corrected chi connectivity index (χ3v) is 5.33. The van der Waals surface area contributed by atoms with Crippen molar-refractivity contribution in [2.24, 2.45) is 0 Å². The van der Waals surface area contributed by atoms with Crippen molar-refractivity contribution in [3.8, 4) is 0 Å². The van der Waals surface area contributed by atoms with Crippen LogP contribution < -0.4 is 0 Å². The zero-order valence-electron chi connectivity index (χ0n) is 12.8. The molecule has 0 amide bonds. The van der Waals surface area contributed by atoms with Gasteiger partial charge in [0.05, 0.1) is 16.8 Å². The van der Waals surface area contributed by atoms with Gasteiger partial charge in [0.1, 0.15) is 17.8 Å². The maximum Gasteiger partial charge on any atom is 0.159 e. The highest BCUT2D eigenvalue weighted by Gasteiger charge is 2.33. The van der Waals surface area contributed by atoms with Crippen LogP contribution >= 0.6 is 23.9 Å². The standard InChI is InChI=1S/C12H9NOS.C5H8O3S/c1-2-6-10-9(5-1)13-15-12-8-4-3-7-11(12)14-10;1-2-6-3-5-4(1)7-9-8-5/h1-8,13H;4-5H,1-3H2. The second-order valence-corrected chi connectivity index (χ2v) is 6.82. The first-order valence-corrected chi connectivity index (χ1v) is 9.24. The lowest BCUT2D eigenvalue weighted by atomic mass is 10.1. The van der Waals surface area contributed by atoms with Crippen LogP contribution in [0, 0.1) is 0 Å². The van der Waals surface area contributed by atoms with Gasteiger partial charge in [0.2, 0.25) is 0 Å². The van der Waals surface area contributed by atoms with E-state index in [2.05, 4.69) is 4.37 Å². The van der Waals surface area contributed by atoms with Crippen LogP contribution in [0.3, 0.4) is 0 Å². The fourth-order valence-corrected chi connectivity index (χ4v) is 3.90. The van der Waals surface area contributed by atoms with Gasteiger partial charge in [-0.1, -0.05) is 35.8 Å². The number of para-hydroxylation sites is 3. The van der Waals surface area contributed by atoms with Gasteiger partial charge >= 0.3 is 0 Å². The van der Waals surface area contributed by atoms with Crippen molar-refractivity contribution in [2.45, 2.75) is 18.6 Å². The summed E-state index contributed by atoms with van der Waals surface area (Å²) in [6, 6.07) is 15.9. The van der Waals surface area contributed by atoms with Gasteiger partial charge in [0, 0.05) is 13.0 Å². The molecule has 2 unspecified atom stereocenters.